The summed E-state index contributed by atoms with van der Waals surface area (Å²) in [6.45, 7) is 0.325. The molecular weight excluding hydrogens is 725 g/mol. The van der Waals surface area contributed by atoms with Crippen LogP contribution in [0.4, 0.5) is 0 Å². The summed E-state index contributed by atoms with van der Waals surface area (Å²) in [5, 5.41) is 2.01. The molecule has 9 heteroatoms. The molecule has 0 saturated carbocycles. The molecule has 9 aromatic rings. The number of hydrogen-bond acceptors (Lipinski definition) is 2. The van der Waals surface area contributed by atoms with Gasteiger partial charge in [0.1, 0.15) is 56.2 Å². The van der Waals surface area contributed by atoms with Crippen LogP contribution in [0.15, 0.2) is 184 Å². The minimum Gasteiger partial charge on any atom is -0.456 e. The van der Waals surface area contributed by atoms with E-state index < -0.39 is 0 Å². The Hall–Kier alpha value is -6.98. The molecule has 4 nitrogen and oxygen atoms in total. The Balaban J connectivity index is 1.03. The molecule has 0 atom stereocenters. The van der Waals surface area contributed by atoms with Crippen LogP contribution in [0.2, 0.25) is 0 Å². The minimum atomic E-state index is 0.154. The Labute approximate surface area is 356 Å². The van der Waals surface area contributed by atoms with Crippen LogP contribution in [0, 0.1) is 0 Å². The van der Waals surface area contributed by atoms with Crippen molar-refractivity contribution in [3.63, 3.8) is 0 Å². The van der Waals surface area contributed by atoms with Crippen molar-refractivity contribution < 1.29 is 4.42 Å². The second-order valence-corrected chi connectivity index (χ2v) is 14.7. The molecule has 0 fully saturated rings. The van der Waals surface area contributed by atoms with Gasteiger partial charge in [0.2, 0.25) is 0 Å². The monoisotopic (exact) mass is 757 g/mol. The largest absolute Gasteiger partial charge is 0.456 e. The number of benzene rings is 8. The highest BCUT2D eigenvalue weighted by Gasteiger charge is 2.16. The first-order valence-corrected chi connectivity index (χ1v) is 19.5. The molecule has 1 aromatic heterocycles. The summed E-state index contributed by atoms with van der Waals surface area (Å²) in [5.74, 6) is 0.721. The summed E-state index contributed by atoms with van der Waals surface area (Å²) in [5.41, 5.74) is 19.8. The van der Waals surface area contributed by atoms with E-state index in [-0.39, 0.29) is 33.1 Å². The highest BCUT2D eigenvalue weighted by Crippen LogP contribution is 2.36. The zero-order chi connectivity index (χ0) is 41.3. The molecule has 60 heavy (non-hydrogen) atoms. The van der Waals surface area contributed by atoms with Crippen LogP contribution in [-0.2, 0) is 6.54 Å². The fourth-order valence-electron chi connectivity index (χ4n) is 7.66. The van der Waals surface area contributed by atoms with E-state index in [1.807, 2.05) is 78.9 Å². The molecule has 0 unspecified atom stereocenters. The standard InChI is InChI=1S/C51H32B5N3O/c52-45-44(46(53)48(55)49(56)47(45)54)37-13-7-14-38(27-37)50(57)59-51(35-11-5-2-6-12-35)58-29-39-15-8-16-42-43(39)40-28-36(25-26-41(40)60-42)34-23-21-33(22-24-34)32-19-17-31(18-20-32)30-9-3-1-4-10-30/h1-28H,29H2,(H2,57,58,59). The van der Waals surface area contributed by atoms with Gasteiger partial charge in [-0.2, -0.15) is 0 Å². The topological polar surface area (TPSA) is 63.9 Å². The predicted octanol–water partition coefficient (Wildman–Crippen LogP) is 6.58. The summed E-state index contributed by atoms with van der Waals surface area (Å²) in [7, 11) is 31.2. The maximum atomic E-state index is 6.72. The van der Waals surface area contributed by atoms with Crippen molar-refractivity contribution in [1.29, 1.82) is 0 Å². The van der Waals surface area contributed by atoms with Crippen molar-refractivity contribution in [2.75, 3.05) is 0 Å². The van der Waals surface area contributed by atoms with Crippen molar-refractivity contribution >= 4 is 100 Å². The van der Waals surface area contributed by atoms with Gasteiger partial charge >= 0.3 is 0 Å². The van der Waals surface area contributed by atoms with Crippen molar-refractivity contribution in [3.05, 3.63) is 187 Å². The van der Waals surface area contributed by atoms with Gasteiger partial charge < -0.3 is 10.2 Å². The molecule has 0 aliphatic rings. The second kappa shape index (κ2) is 16.3. The fourth-order valence-corrected chi connectivity index (χ4v) is 7.66. The van der Waals surface area contributed by atoms with Gasteiger partial charge in [-0.3, -0.25) is 4.99 Å². The molecule has 9 rings (SSSR count). The number of hydrogen-bond donors (Lipinski definition) is 1. The van der Waals surface area contributed by atoms with E-state index in [1.54, 1.807) is 0 Å². The Morgan fingerprint density at radius 3 is 1.58 bits per heavy atom. The van der Waals surface area contributed by atoms with E-state index in [4.69, 9.17) is 59.4 Å². The average molecular weight is 757 g/mol. The predicted molar refractivity (Wildman–Crippen MR) is 256 cm³/mol. The minimum absolute atomic E-state index is 0.154. The van der Waals surface area contributed by atoms with Gasteiger partial charge in [0.15, 0.2) is 5.84 Å². The third-order valence-corrected chi connectivity index (χ3v) is 10.9. The number of nitrogens with two attached hydrogens (primary N) is 1. The second-order valence-electron chi connectivity index (χ2n) is 14.7. The zero-order valence-corrected chi connectivity index (χ0v) is 32.6. The van der Waals surface area contributed by atoms with Crippen LogP contribution in [0.25, 0.3) is 66.4 Å². The third kappa shape index (κ3) is 7.44. The Bertz CT molecular complexity index is 3080. The highest BCUT2D eigenvalue weighted by atomic mass is 16.3. The summed E-state index contributed by atoms with van der Waals surface area (Å²) in [6.07, 6.45) is 0. The SMILES string of the molecule is [B]c1c([B])c([B])c(-c2cccc(C(N)=NC(=NCc3cccc4oc5ccc(-c6ccc(-c7ccc(-c8ccccc8)cc7)cc6)cc5c34)c3ccccc3)c2)c([B])c1[B]. The van der Waals surface area contributed by atoms with Crippen LogP contribution in [0.1, 0.15) is 16.7 Å². The number of furan rings is 1. The lowest BCUT2D eigenvalue weighted by atomic mass is 9.59. The van der Waals surface area contributed by atoms with Gasteiger partial charge in [-0.05, 0) is 74.3 Å². The fraction of sp³-hybridized carbons (Fsp3) is 0.0196. The molecule has 0 aliphatic heterocycles. The maximum Gasteiger partial charge on any atom is 0.157 e. The number of fused-ring (bicyclic) bond motifs is 3. The average Bonchev–Trinajstić information content (AvgIpc) is 3.68. The normalized spacial score (nSPS) is 12.0. The first kappa shape index (κ1) is 38.5. The summed E-state index contributed by atoms with van der Waals surface area (Å²) < 4.78 is 6.37. The van der Waals surface area contributed by atoms with Crippen LogP contribution in [-0.4, -0.2) is 50.9 Å². The molecule has 2 N–H and O–H groups in total. The van der Waals surface area contributed by atoms with Crippen molar-refractivity contribution in [3.8, 4) is 44.5 Å². The molecule has 272 valence electrons. The smallest absolute Gasteiger partial charge is 0.157 e. The van der Waals surface area contributed by atoms with Gasteiger partial charge in [0.25, 0.3) is 0 Å². The summed E-state index contributed by atoms with van der Waals surface area (Å²) in [4.78, 5) is 9.95. The Morgan fingerprint density at radius 1 is 0.450 bits per heavy atom. The highest BCUT2D eigenvalue weighted by molar-refractivity contribution is 6.68. The van der Waals surface area contributed by atoms with E-state index in [9.17, 15) is 0 Å². The van der Waals surface area contributed by atoms with E-state index in [2.05, 4.69) is 91.0 Å². The summed E-state index contributed by atoms with van der Waals surface area (Å²) >= 11 is 0. The molecule has 0 spiro atoms. The van der Waals surface area contributed by atoms with Gasteiger partial charge in [0.05, 0.1) is 6.54 Å². The summed E-state index contributed by atoms with van der Waals surface area (Å²) in [6, 6.07) is 57.3. The maximum absolute atomic E-state index is 6.72. The Kier molecular flexibility index (Phi) is 10.5. The van der Waals surface area contributed by atoms with E-state index in [0.717, 1.165) is 49.8 Å². The molecule has 0 bridgehead atoms. The lowest BCUT2D eigenvalue weighted by molar-refractivity contribution is 0.668. The van der Waals surface area contributed by atoms with Gasteiger partial charge in [-0.25, -0.2) is 4.99 Å². The molecule has 1 heterocycles. The Morgan fingerprint density at radius 2 is 0.950 bits per heavy atom. The van der Waals surface area contributed by atoms with Crippen molar-refractivity contribution in [2.24, 2.45) is 15.7 Å². The van der Waals surface area contributed by atoms with Gasteiger partial charge in [-0.1, -0.05) is 157 Å². The van der Waals surface area contributed by atoms with Crippen LogP contribution in [0.5, 0.6) is 0 Å². The molecule has 0 amide bonds. The van der Waals surface area contributed by atoms with Gasteiger partial charge in [0, 0.05) is 21.9 Å². The van der Waals surface area contributed by atoms with Crippen LogP contribution < -0.4 is 33.0 Å². The van der Waals surface area contributed by atoms with Crippen molar-refractivity contribution in [1.82, 2.24) is 0 Å². The van der Waals surface area contributed by atoms with Crippen molar-refractivity contribution in [2.45, 2.75) is 6.54 Å². The number of amidine groups is 2. The first-order valence-electron chi connectivity index (χ1n) is 19.5. The van der Waals surface area contributed by atoms with E-state index in [1.165, 1.54) is 16.7 Å². The molecule has 10 radical (unpaired) electrons. The molecule has 8 aromatic carbocycles. The van der Waals surface area contributed by atoms with Crippen LogP contribution in [0.3, 0.4) is 0 Å². The lowest BCUT2D eigenvalue weighted by Gasteiger charge is -2.21. The molecule has 0 saturated heterocycles. The first-order chi connectivity index (χ1) is 29.2. The number of nitrogens with zero attached hydrogens (tertiary/aromatic N) is 2. The van der Waals surface area contributed by atoms with Crippen LogP contribution >= 0.6 is 0 Å². The van der Waals surface area contributed by atoms with Gasteiger partial charge in [-0.15, -0.1) is 16.4 Å². The van der Waals surface area contributed by atoms with E-state index in [0.29, 0.717) is 29.1 Å². The number of rotatable bonds is 8. The molecular formula is C51H32B5N3O. The zero-order valence-electron chi connectivity index (χ0n) is 32.6. The third-order valence-electron chi connectivity index (χ3n) is 10.9. The quantitative estimate of drug-likeness (QED) is 0.108. The number of aliphatic imine (C=N–C) groups is 2. The lowest BCUT2D eigenvalue weighted by Crippen LogP contribution is -2.55. The molecule has 0 aliphatic carbocycles. The van der Waals surface area contributed by atoms with E-state index >= 15 is 0 Å².